The number of hydrogen-bond acceptors (Lipinski definition) is 5. The SMILES string of the molecule is C#CCN1CCCC[C@H]1C(=O)NCc1nc(-c2cccs2)n[nH]1. The van der Waals surface area contributed by atoms with E-state index < -0.39 is 0 Å². The van der Waals surface area contributed by atoms with Gasteiger partial charge in [-0.05, 0) is 30.8 Å². The number of aromatic nitrogens is 3. The van der Waals surface area contributed by atoms with E-state index in [4.69, 9.17) is 6.42 Å². The molecule has 23 heavy (non-hydrogen) atoms. The third-order valence-corrected chi connectivity index (χ3v) is 4.78. The van der Waals surface area contributed by atoms with Gasteiger partial charge in [-0.2, -0.15) is 5.10 Å². The molecule has 0 radical (unpaired) electrons. The van der Waals surface area contributed by atoms with Crippen molar-refractivity contribution < 1.29 is 4.79 Å². The molecule has 0 aromatic carbocycles. The van der Waals surface area contributed by atoms with Crippen molar-refractivity contribution in [1.82, 2.24) is 25.4 Å². The topological polar surface area (TPSA) is 73.9 Å². The van der Waals surface area contributed by atoms with Gasteiger partial charge < -0.3 is 5.32 Å². The van der Waals surface area contributed by atoms with E-state index in [0.717, 1.165) is 30.7 Å². The van der Waals surface area contributed by atoms with Crippen LogP contribution in [0.2, 0.25) is 0 Å². The molecule has 1 aliphatic heterocycles. The lowest BCUT2D eigenvalue weighted by atomic mass is 10.0. The third kappa shape index (κ3) is 3.78. The fourth-order valence-corrected chi connectivity index (χ4v) is 3.43. The van der Waals surface area contributed by atoms with Crippen LogP contribution in [-0.2, 0) is 11.3 Å². The molecule has 1 aliphatic rings. The zero-order valence-electron chi connectivity index (χ0n) is 12.8. The summed E-state index contributed by atoms with van der Waals surface area (Å²) in [5.74, 6) is 3.96. The van der Waals surface area contributed by atoms with Crippen LogP contribution in [0.5, 0.6) is 0 Å². The molecular weight excluding hydrogens is 310 g/mol. The number of nitrogens with one attached hydrogen (secondary N) is 2. The van der Waals surface area contributed by atoms with Gasteiger partial charge in [0, 0.05) is 0 Å². The van der Waals surface area contributed by atoms with E-state index in [1.165, 1.54) is 0 Å². The van der Waals surface area contributed by atoms with Crippen LogP contribution in [0.15, 0.2) is 17.5 Å². The van der Waals surface area contributed by atoms with Gasteiger partial charge in [0.1, 0.15) is 5.82 Å². The maximum Gasteiger partial charge on any atom is 0.237 e. The van der Waals surface area contributed by atoms with Gasteiger partial charge in [-0.3, -0.25) is 14.8 Å². The van der Waals surface area contributed by atoms with E-state index in [2.05, 4.69) is 31.3 Å². The molecule has 0 unspecified atom stereocenters. The molecule has 2 aromatic rings. The molecule has 0 spiro atoms. The zero-order valence-corrected chi connectivity index (χ0v) is 13.6. The highest BCUT2D eigenvalue weighted by Gasteiger charge is 2.27. The highest BCUT2D eigenvalue weighted by atomic mass is 32.1. The molecule has 6 nitrogen and oxygen atoms in total. The number of hydrogen-bond donors (Lipinski definition) is 2. The second kappa shape index (κ2) is 7.40. The predicted octanol–water partition coefficient (Wildman–Crippen LogP) is 1.64. The first-order valence-corrected chi connectivity index (χ1v) is 8.56. The van der Waals surface area contributed by atoms with E-state index in [-0.39, 0.29) is 11.9 Å². The van der Waals surface area contributed by atoms with Crippen molar-refractivity contribution >= 4 is 17.2 Å². The van der Waals surface area contributed by atoms with Crippen LogP contribution in [-0.4, -0.2) is 45.1 Å². The monoisotopic (exact) mass is 329 g/mol. The second-order valence-corrected chi connectivity index (χ2v) is 6.43. The van der Waals surface area contributed by atoms with Crippen molar-refractivity contribution in [2.75, 3.05) is 13.1 Å². The summed E-state index contributed by atoms with van der Waals surface area (Å²) in [4.78, 5) is 19.9. The van der Waals surface area contributed by atoms with Gasteiger partial charge in [-0.15, -0.1) is 17.8 Å². The van der Waals surface area contributed by atoms with Crippen LogP contribution in [0.4, 0.5) is 0 Å². The van der Waals surface area contributed by atoms with Crippen LogP contribution in [0.3, 0.4) is 0 Å². The van der Waals surface area contributed by atoms with E-state index in [1.807, 2.05) is 17.5 Å². The van der Waals surface area contributed by atoms with Crippen LogP contribution < -0.4 is 5.32 Å². The van der Waals surface area contributed by atoms with E-state index in [0.29, 0.717) is 24.7 Å². The molecule has 120 valence electrons. The minimum atomic E-state index is -0.139. The van der Waals surface area contributed by atoms with Gasteiger partial charge in [0.15, 0.2) is 5.82 Å². The fraction of sp³-hybridized carbons (Fsp3) is 0.438. The zero-order chi connectivity index (χ0) is 16.1. The maximum atomic E-state index is 12.4. The molecule has 3 heterocycles. The Hall–Kier alpha value is -2.17. The lowest BCUT2D eigenvalue weighted by Crippen LogP contribution is -2.49. The number of carbonyl (C=O) groups excluding carboxylic acids is 1. The van der Waals surface area contributed by atoms with Crippen LogP contribution in [0, 0.1) is 12.3 Å². The number of amides is 1. The van der Waals surface area contributed by atoms with Gasteiger partial charge >= 0.3 is 0 Å². The number of terminal acetylenes is 1. The van der Waals surface area contributed by atoms with Crippen molar-refractivity contribution in [1.29, 1.82) is 0 Å². The van der Waals surface area contributed by atoms with Crippen molar-refractivity contribution in [3.05, 3.63) is 23.3 Å². The molecule has 7 heteroatoms. The lowest BCUT2D eigenvalue weighted by Gasteiger charge is -2.33. The highest BCUT2D eigenvalue weighted by molar-refractivity contribution is 7.13. The molecule has 0 bridgehead atoms. The average Bonchev–Trinajstić information content (AvgIpc) is 3.24. The quantitative estimate of drug-likeness (QED) is 0.818. The van der Waals surface area contributed by atoms with Crippen molar-refractivity contribution in [3.8, 4) is 23.0 Å². The Kier molecular flexibility index (Phi) is 5.05. The Morgan fingerprint density at radius 3 is 3.26 bits per heavy atom. The number of likely N-dealkylation sites (tertiary alicyclic amines) is 1. The van der Waals surface area contributed by atoms with Gasteiger partial charge in [0.25, 0.3) is 0 Å². The predicted molar refractivity (Wildman–Crippen MR) is 89.6 cm³/mol. The minimum absolute atomic E-state index is 0.00836. The van der Waals surface area contributed by atoms with Crippen LogP contribution >= 0.6 is 11.3 Å². The molecule has 1 fully saturated rings. The van der Waals surface area contributed by atoms with Crippen molar-refractivity contribution in [2.45, 2.75) is 31.8 Å². The van der Waals surface area contributed by atoms with Gasteiger partial charge in [0.2, 0.25) is 5.91 Å². The molecule has 0 aliphatic carbocycles. The second-order valence-electron chi connectivity index (χ2n) is 5.49. The standard InChI is InChI=1S/C16H19N5OS/c1-2-8-21-9-4-3-6-12(21)16(22)17-11-14-18-15(20-19-14)13-7-5-10-23-13/h1,5,7,10,12H,3-4,6,8-9,11H2,(H,17,22)(H,18,19,20)/t12-/m0/s1. The molecule has 0 saturated carbocycles. The van der Waals surface area contributed by atoms with E-state index in [1.54, 1.807) is 11.3 Å². The number of nitrogens with zero attached hydrogens (tertiary/aromatic N) is 3. The number of piperidine rings is 1. The smallest absolute Gasteiger partial charge is 0.237 e. The van der Waals surface area contributed by atoms with Crippen LogP contribution in [0.1, 0.15) is 25.1 Å². The number of rotatable bonds is 5. The molecule has 1 atom stereocenters. The number of thiophene rings is 1. The summed E-state index contributed by atoms with van der Waals surface area (Å²) in [5.41, 5.74) is 0. The normalized spacial score (nSPS) is 18.5. The first kappa shape index (κ1) is 15.7. The van der Waals surface area contributed by atoms with E-state index in [9.17, 15) is 4.79 Å². The molecular formula is C16H19N5OS. The summed E-state index contributed by atoms with van der Waals surface area (Å²) in [7, 11) is 0. The first-order valence-electron chi connectivity index (χ1n) is 7.68. The Labute approximate surface area is 139 Å². The summed E-state index contributed by atoms with van der Waals surface area (Å²) in [6, 6.07) is 3.79. The summed E-state index contributed by atoms with van der Waals surface area (Å²) < 4.78 is 0. The van der Waals surface area contributed by atoms with Gasteiger partial charge in [-0.1, -0.05) is 18.4 Å². The first-order chi connectivity index (χ1) is 11.3. The highest BCUT2D eigenvalue weighted by Crippen LogP contribution is 2.20. The molecule has 1 amide bonds. The van der Waals surface area contributed by atoms with Gasteiger partial charge in [-0.25, -0.2) is 4.98 Å². The third-order valence-electron chi connectivity index (χ3n) is 3.91. The largest absolute Gasteiger partial charge is 0.347 e. The number of aromatic amines is 1. The Balaban J connectivity index is 1.57. The Bertz CT molecular complexity index is 688. The average molecular weight is 329 g/mol. The molecule has 2 N–H and O–H groups in total. The summed E-state index contributed by atoms with van der Waals surface area (Å²) in [6.07, 6.45) is 8.40. The maximum absolute atomic E-state index is 12.4. The summed E-state index contributed by atoms with van der Waals surface area (Å²) in [6.45, 7) is 1.74. The van der Waals surface area contributed by atoms with Gasteiger partial charge in [0.05, 0.1) is 24.0 Å². The molecule has 3 rings (SSSR count). The Morgan fingerprint density at radius 1 is 1.57 bits per heavy atom. The lowest BCUT2D eigenvalue weighted by molar-refractivity contribution is -0.127. The number of carbonyl (C=O) groups is 1. The number of H-pyrrole nitrogens is 1. The van der Waals surface area contributed by atoms with E-state index >= 15 is 0 Å². The Morgan fingerprint density at radius 2 is 2.48 bits per heavy atom. The fourth-order valence-electron chi connectivity index (χ4n) is 2.77. The summed E-state index contributed by atoms with van der Waals surface area (Å²) in [5, 5.41) is 12.0. The van der Waals surface area contributed by atoms with Crippen LogP contribution in [0.25, 0.3) is 10.7 Å². The van der Waals surface area contributed by atoms with Crippen molar-refractivity contribution in [3.63, 3.8) is 0 Å². The molecule has 1 saturated heterocycles. The molecule has 2 aromatic heterocycles. The van der Waals surface area contributed by atoms with Crippen molar-refractivity contribution in [2.24, 2.45) is 0 Å². The summed E-state index contributed by atoms with van der Waals surface area (Å²) >= 11 is 1.58. The minimum Gasteiger partial charge on any atom is -0.347 e.